The summed E-state index contributed by atoms with van der Waals surface area (Å²) in [6, 6.07) is 16.5. The highest BCUT2D eigenvalue weighted by molar-refractivity contribution is 7.88. The van der Waals surface area contributed by atoms with Gasteiger partial charge in [-0.1, -0.05) is 49.0 Å². The number of hydrogen-bond donors (Lipinski definition) is 2. The van der Waals surface area contributed by atoms with Crippen molar-refractivity contribution in [3.63, 3.8) is 0 Å². The predicted molar refractivity (Wildman–Crippen MR) is 128 cm³/mol. The maximum Gasteiger partial charge on any atom is 0.243 e. The fourth-order valence-electron chi connectivity index (χ4n) is 4.83. The van der Waals surface area contributed by atoms with Crippen LogP contribution in [0.2, 0.25) is 0 Å². The molecule has 2 fully saturated rings. The molecular formula is C25H29N3O4S. The molecule has 8 heteroatoms. The summed E-state index contributed by atoms with van der Waals surface area (Å²) < 4.78 is 27.5. The Labute approximate surface area is 194 Å². The third kappa shape index (κ3) is 5.89. The molecule has 2 unspecified atom stereocenters. The summed E-state index contributed by atoms with van der Waals surface area (Å²) in [6.45, 7) is 4.48. The molecule has 2 N–H and O–H groups in total. The predicted octanol–water partition coefficient (Wildman–Crippen LogP) is 2.71. The van der Waals surface area contributed by atoms with Gasteiger partial charge in [0.1, 0.15) is 0 Å². The van der Waals surface area contributed by atoms with Gasteiger partial charge in [-0.05, 0) is 54.0 Å². The molecule has 4 rings (SSSR count). The molecule has 2 amide bonds. The Bertz CT molecular complexity index is 1100. The molecule has 0 radical (unpaired) electrons. The van der Waals surface area contributed by atoms with Crippen molar-refractivity contribution in [3.8, 4) is 0 Å². The van der Waals surface area contributed by atoms with E-state index in [-0.39, 0.29) is 41.9 Å². The lowest BCUT2D eigenvalue weighted by atomic mass is 10.0. The van der Waals surface area contributed by atoms with Gasteiger partial charge in [0.15, 0.2) is 0 Å². The zero-order chi connectivity index (χ0) is 23.4. The Balaban J connectivity index is 1.29. The van der Waals surface area contributed by atoms with Crippen LogP contribution in [-0.2, 0) is 31.8 Å². The van der Waals surface area contributed by atoms with Crippen molar-refractivity contribution < 1.29 is 18.0 Å². The van der Waals surface area contributed by atoms with Gasteiger partial charge < -0.3 is 10.6 Å². The van der Waals surface area contributed by atoms with Gasteiger partial charge in [0, 0.05) is 24.8 Å². The van der Waals surface area contributed by atoms with Gasteiger partial charge >= 0.3 is 0 Å². The smallest absolute Gasteiger partial charge is 0.243 e. The van der Waals surface area contributed by atoms with Crippen LogP contribution < -0.4 is 10.6 Å². The third-order valence-corrected chi connectivity index (χ3v) is 8.22. The van der Waals surface area contributed by atoms with E-state index in [1.165, 1.54) is 6.08 Å². The van der Waals surface area contributed by atoms with Gasteiger partial charge in [0.25, 0.3) is 0 Å². The van der Waals surface area contributed by atoms with E-state index in [4.69, 9.17) is 0 Å². The lowest BCUT2D eigenvalue weighted by Crippen LogP contribution is -2.35. The second-order valence-corrected chi connectivity index (χ2v) is 10.9. The average molecular weight is 468 g/mol. The third-order valence-electron chi connectivity index (χ3n) is 6.44. The minimum Gasteiger partial charge on any atom is -0.350 e. The highest BCUT2D eigenvalue weighted by Gasteiger charge is 2.44. The van der Waals surface area contributed by atoms with Crippen LogP contribution in [0.15, 0.2) is 67.3 Å². The first kappa shape index (κ1) is 23.2. The molecular weight excluding hydrogens is 438 g/mol. The van der Waals surface area contributed by atoms with Gasteiger partial charge in [-0.3, -0.25) is 9.59 Å². The molecule has 1 saturated heterocycles. The number of amides is 2. The minimum absolute atomic E-state index is 0.0681. The first-order chi connectivity index (χ1) is 15.8. The maximum absolute atomic E-state index is 13.0. The van der Waals surface area contributed by atoms with Crippen molar-refractivity contribution in [3.05, 3.63) is 78.4 Å². The molecule has 7 nitrogen and oxygen atoms in total. The summed E-state index contributed by atoms with van der Waals surface area (Å²) in [7, 11) is -3.43. The minimum atomic E-state index is -3.43. The van der Waals surface area contributed by atoms with E-state index < -0.39 is 10.0 Å². The largest absolute Gasteiger partial charge is 0.350 e. The van der Waals surface area contributed by atoms with Crippen LogP contribution in [0.3, 0.4) is 0 Å². The quantitative estimate of drug-likeness (QED) is 0.584. The van der Waals surface area contributed by atoms with Crippen LogP contribution in [-0.4, -0.2) is 43.7 Å². The Morgan fingerprint density at radius 3 is 2.21 bits per heavy atom. The van der Waals surface area contributed by atoms with E-state index in [1.807, 2.05) is 30.3 Å². The van der Waals surface area contributed by atoms with Crippen molar-refractivity contribution in [1.82, 2.24) is 9.62 Å². The normalized spacial score (nSPS) is 22.5. The van der Waals surface area contributed by atoms with Crippen LogP contribution in [0.5, 0.6) is 0 Å². The van der Waals surface area contributed by atoms with E-state index in [1.54, 1.807) is 28.6 Å². The van der Waals surface area contributed by atoms with Gasteiger partial charge in [0.05, 0.1) is 12.2 Å². The Hall–Kier alpha value is -2.97. The summed E-state index contributed by atoms with van der Waals surface area (Å²) in [4.78, 5) is 23.7. The number of carbonyl (C=O) groups excluding carboxylic acids is 2. The number of nitrogens with one attached hydrogen (secondary N) is 2. The summed E-state index contributed by atoms with van der Waals surface area (Å²) in [5, 5.41) is 5.78. The molecule has 0 spiro atoms. The van der Waals surface area contributed by atoms with Crippen molar-refractivity contribution in [2.24, 2.45) is 11.8 Å². The van der Waals surface area contributed by atoms with Gasteiger partial charge in [-0.2, -0.15) is 0 Å². The molecule has 0 aromatic heterocycles. The molecule has 1 heterocycles. The summed E-state index contributed by atoms with van der Waals surface area (Å²) in [6.07, 6.45) is 3.15. The van der Waals surface area contributed by atoms with Crippen LogP contribution in [0, 0.1) is 11.8 Å². The highest BCUT2D eigenvalue weighted by atomic mass is 32.2. The zero-order valence-corrected chi connectivity index (χ0v) is 19.3. The van der Waals surface area contributed by atoms with E-state index in [9.17, 15) is 18.0 Å². The monoisotopic (exact) mass is 467 g/mol. The standard InChI is InChI=1S/C25H29N3O4S/c1-2-24(29)27-23-13-20-15-28(16-21(20)14-23)33(31,32)17-19-8-10-22(11-9-19)26-25(30)12-18-6-4-3-5-7-18/h2-11,20-21,23H,1,12-17H2,(H,26,30)(H,27,29). The summed E-state index contributed by atoms with van der Waals surface area (Å²) >= 11 is 0. The van der Waals surface area contributed by atoms with E-state index >= 15 is 0 Å². The van der Waals surface area contributed by atoms with Crippen molar-refractivity contribution in [2.45, 2.75) is 31.1 Å². The average Bonchev–Trinajstić information content (AvgIpc) is 3.35. The van der Waals surface area contributed by atoms with E-state index in [2.05, 4.69) is 17.2 Å². The van der Waals surface area contributed by atoms with Crippen LogP contribution in [0.4, 0.5) is 5.69 Å². The molecule has 2 aliphatic rings. The van der Waals surface area contributed by atoms with Gasteiger partial charge in [-0.25, -0.2) is 12.7 Å². The number of carbonyl (C=O) groups is 2. The number of nitrogens with zero attached hydrogens (tertiary/aromatic N) is 1. The molecule has 0 bridgehead atoms. The number of sulfonamides is 1. The number of fused-ring (bicyclic) bond motifs is 1. The van der Waals surface area contributed by atoms with Crippen molar-refractivity contribution in [1.29, 1.82) is 0 Å². The van der Waals surface area contributed by atoms with E-state index in [0.29, 0.717) is 24.3 Å². The fraction of sp³-hybridized carbons (Fsp3) is 0.360. The second kappa shape index (κ2) is 9.89. The second-order valence-electron chi connectivity index (χ2n) is 8.88. The lowest BCUT2D eigenvalue weighted by molar-refractivity contribution is -0.117. The molecule has 2 atom stereocenters. The van der Waals surface area contributed by atoms with Gasteiger partial charge in [-0.15, -0.1) is 0 Å². The molecule has 2 aromatic rings. The first-order valence-electron chi connectivity index (χ1n) is 11.2. The number of anilines is 1. The number of benzene rings is 2. The number of hydrogen-bond acceptors (Lipinski definition) is 4. The molecule has 1 saturated carbocycles. The molecule has 1 aliphatic carbocycles. The van der Waals surface area contributed by atoms with Crippen molar-refractivity contribution in [2.75, 3.05) is 18.4 Å². The van der Waals surface area contributed by atoms with Crippen LogP contribution in [0.25, 0.3) is 0 Å². The fourth-order valence-corrected chi connectivity index (χ4v) is 6.47. The van der Waals surface area contributed by atoms with Gasteiger partial charge in [0.2, 0.25) is 21.8 Å². The summed E-state index contributed by atoms with van der Waals surface area (Å²) in [5.74, 6) is 0.188. The molecule has 2 aromatic carbocycles. The van der Waals surface area contributed by atoms with Crippen molar-refractivity contribution >= 4 is 27.5 Å². The lowest BCUT2D eigenvalue weighted by Gasteiger charge is -2.19. The van der Waals surface area contributed by atoms with Crippen LogP contribution >= 0.6 is 0 Å². The molecule has 174 valence electrons. The van der Waals surface area contributed by atoms with E-state index in [0.717, 1.165) is 18.4 Å². The molecule has 1 aliphatic heterocycles. The first-order valence-corrected chi connectivity index (χ1v) is 12.8. The topological polar surface area (TPSA) is 95.6 Å². The Morgan fingerprint density at radius 1 is 0.970 bits per heavy atom. The highest BCUT2D eigenvalue weighted by Crippen LogP contribution is 2.39. The Morgan fingerprint density at radius 2 is 1.61 bits per heavy atom. The van der Waals surface area contributed by atoms with Crippen LogP contribution in [0.1, 0.15) is 24.0 Å². The SMILES string of the molecule is C=CC(=O)NC1CC2CN(S(=O)(=O)Cc3ccc(NC(=O)Cc4ccccc4)cc3)CC2C1. The maximum atomic E-state index is 13.0. The Kier molecular flexibility index (Phi) is 6.95. The zero-order valence-electron chi connectivity index (χ0n) is 18.4. The molecule has 33 heavy (non-hydrogen) atoms. The number of rotatable bonds is 8. The summed E-state index contributed by atoms with van der Waals surface area (Å²) in [5.41, 5.74) is 2.26.